The van der Waals surface area contributed by atoms with E-state index in [9.17, 15) is 9.50 Å². The average Bonchev–Trinajstić information content (AvgIpc) is 2.40. The van der Waals surface area contributed by atoms with Gasteiger partial charge in [-0.2, -0.15) is 0 Å². The molecule has 2 atom stereocenters. The summed E-state index contributed by atoms with van der Waals surface area (Å²) in [6.07, 6.45) is 2.12. The number of aliphatic hydroxyl groups excluding tert-OH is 1. The fourth-order valence-corrected chi connectivity index (χ4v) is 2.49. The summed E-state index contributed by atoms with van der Waals surface area (Å²) in [5.41, 5.74) is 0.766. The molecule has 0 aromatic heterocycles. The predicted octanol–water partition coefficient (Wildman–Crippen LogP) is 2.41. The topological polar surface area (TPSA) is 41.5 Å². The molecule has 1 aromatic rings. The van der Waals surface area contributed by atoms with Crippen LogP contribution < -0.4 is 5.32 Å². The van der Waals surface area contributed by atoms with Gasteiger partial charge in [0.15, 0.2) is 0 Å². The SMILES string of the molecule is CC(CC(O)c1ccc(F)cc1)NC1CCOCC1. The van der Waals surface area contributed by atoms with Crippen LogP contribution in [0.25, 0.3) is 0 Å². The molecule has 1 aliphatic heterocycles. The lowest BCUT2D eigenvalue weighted by Crippen LogP contribution is -2.40. The fraction of sp³-hybridized carbons (Fsp3) is 0.600. The second-order valence-electron chi connectivity index (χ2n) is 5.26. The van der Waals surface area contributed by atoms with Crippen molar-refractivity contribution in [3.8, 4) is 0 Å². The van der Waals surface area contributed by atoms with Crippen LogP contribution in [0.15, 0.2) is 24.3 Å². The molecule has 0 bridgehead atoms. The molecule has 3 nitrogen and oxygen atoms in total. The molecule has 1 aliphatic rings. The third-order valence-electron chi connectivity index (χ3n) is 3.57. The molecule has 1 saturated heterocycles. The smallest absolute Gasteiger partial charge is 0.123 e. The zero-order chi connectivity index (χ0) is 13.7. The van der Waals surface area contributed by atoms with Crippen LogP contribution in [0.2, 0.25) is 0 Å². The second kappa shape index (κ2) is 6.98. The van der Waals surface area contributed by atoms with Crippen molar-refractivity contribution in [1.82, 2.24) is 5.32 Å². The summed E-state index contributed by atoms with van der Waals surface area (Å²) >= 11 is 0. The van der Waals surface area contributed by atoms with E-state index in [2.05, 4.69) is 12.2 Å². The highest BCUT2D eigenvalue weighted by Crippen LogP contribution is 2.19. The van der Waals surface area contributed by atoms with Crippen LogP contribution in [0.3, 0.4) is 0 Å². The number of hydrogen-bond acceptors (Lipinski definition) is 3. The van der Waals surface area contributed by atoms with Gasteiger partial charge >= 0.3 is 0 Å². The van der Waals surface area contributed by atoms with E-state index >= 15 is 0 Å². The van der Waals surface area contributed by atoms with Crippen LogP contribution in [-0.4, -0.2) is 30.4 Å². The molecule has 1 aromatic carbocycles. The van der Waals surface area contributed by atoms with Crippen molar-refractivity contribution in [1.29, 1.82) is 0 Å². The van der Waals surface area contributed by atoms with Gasteiger partial charge in [-0.1, -0.05) is 12.1 Å². The van der Waals surface area contributed by atoms with Gasteiger partial charge in [-0.3, -0.25) is 0 Å². The van der Waals surface area contributed by atoms with E-state index < -0.39 is 6.10 Å². The molecule has 0 amide bonds. The van der Waals surface area contributed by atoms with Crippen LogP contribution in [-0.2, 0) is 4.74 Å². The summed E-state index contributed by atoms with van der Waals surface area (Å²) in [5.74, 6) is -0.274. The highest BCUT2D eigenvalue weighted by molar-refractivity contribution is 5.18. The Labute approximate surface area is 113 Å². The molecular weight excluding hydrogens is 245 g/mol. The third-order valence-corrected chi connectivity index (χ3v) is 3.57. The molecule has 0 radical (unpaired) electrons. The summed E-state index contributed by atoms with van der Waals surface area (Å²) < 4.78 is 18.1. The lowest BCUT2D eigenvalue weighted by Gasteiger charge is -2.27. The summed E-state index contributed by atoms with van der Waals surface area (Å²) in [4.78, 5) is 0. The van der Waals surface area contributed by atoms with Gasteiger partial charge in [0.2, 0.25) is 0 Å². The van der Waals surface area contributed by atoms with E-state index in [0.29, 0.717) is 12.5 Å². The Hall–Kier alpha value is -0.970. The van der Waals surface area contributed by atoms with Gasteiger partial charge in [-0.25, -0.2) is 4.39 Å². The lowest BCUT2D eigenvalue weighted by molar-refractivity contribution is 0.0718. The maximum atomic E-state index is 12.8. The van der Waals surface area contributed by atoms with E-state index in [1.807, 2.05) is 0 Å². The van der Waals surface area contributed by atoms with Gasteiger partial charge < -0.3 is 15.2 Å². The third kappa shape index (κ3) is 4.56. The summed E-state index contributed by atoms with van der Waals surface area (Å²) in [7, 11) is 0. The average molecular weight is 267 g/mol. The van der Waals surface area contributed by atoms with Crippen molar-refractivity contribution in [2.45, 2.75) is 44.4 Å². The number of hydrogen-bond donors (Lipinski definition) is 2. The van der Waals surface area contributed by atoms with Crippen LogP contribution in [0.4, 0.5) is 4.39 Å². The van der Waals surface area contributed by atoms with E-state index in [0.717, 1.165) is 31.6 Å². The standard InChI is InChI=1S/C15H22FNO2/c1-11(17-14-6-8-19-9-7-14)10-15(18)12-2-4-13(16)5-3-12/h2-5,11,14-15,17-18H,6-10H2,1H3. The number of halogens is 1. The number of ether oxygens (including phenoxy) is 1. The quantitative estimate of drug-likeness (QED) is 0.861. The molecule has 0 aliphatic carbocycles. The molecule has 19 heavy (non-hydrogen) atoms. The monoisotopic (exact) mass is 267 g/mol. The van der Waals surface area contributed by atoms with Gasteiger partial charge in [-0.05, 0) is 43.9 Å². The Balaban J connectivity index is 1.80. The molecule has 2 rings (SSSR count). The zero-order valence-electron chi connectivity index (χ0n) is 11.3. The van der Waals surface area contributed by atoms with Crippen LogP contribution in [0.5, 0.6) is 0 Å². The largest absolute Gasteiger partial charge is 0.388 e. The maximum Gasteiger partial charge on any atom is 0.123 e. The van der Waals surface area contributed by atoms with Crippen molar-refractivity contribution in [2.75, 3.05) is 13.2 Å². The molecule has 0 spiro atoms. The van der Waals surface area contributed by atoms with Crippen molar-refractivity contribution in [3.63, 3.8) is 0 Å². The molecule has 2 N–H and O–H groups in total. The number of nitrogens with one attached hydrogen (secondary N) is 1. The van der Waals surface area contributed by atoms with Crippen molar-refractivity contribution in [3.05, 3.63) is 35.6 Å². The Morgan fingerprint density at radius 2 is 1.95 bits per heavy atom. The predicted molar refractivity (Wildman–Crippen MR) is 72.4 cm³/mol. The number of aliphatic hydroxyl groups is 1. The molecule has 0 saturated carbocycles. The first-order chi connectivity index (χ1) is 9.15. The van der Waals surface area contributed by atoms with E-state index in [4.69, 9.17) is 4.74 Å². The first-order valence-electron chi connectivity index (χ1n) is 6.92. The second-order valence-corrected chi connectivity index (χ2v) is 5.26. The van der Waals surface area contributed by atoms with E-state index in [-0.39, 0.29) is 11.9 Å². The van der Waals surface area contributed by atoms with Gasteiger partial charge in [0, 0.05) is 25.3 Å². The molecule has 1 fully saturated rings. The molecule has 1 heterocycles. The van der Waals surface area contributed by atoms with E-state index in [1.165, 1.54) is 12.1 Å². The Bertz CT molecular complexity index is 376. The van der Waals surface area contributed by atoms with Crippen molar-refractivity contribution < 1.29 is 14.2 Å². The summed E-state index contributed by atoms with van der Waals surface area (Å²) in [6.45, 7) is 3.69. The Kier molecular flexibility index (Phi) is 5.31. The maximum absolute atomic E-state index is 12.8. The molecule has 4 heteroatoms. The summed E-state index contributed by atoms with van der Waals surface area (Å²) in [5, 5.41) is 13.6. The highest BCUT2D eigenvalue weighted by atomic mass is 19.1. The minimum absolute atomic E-state index is 0.225. The lowest BCUT2D eigenvalue weighted by atomic mass is 10.0. The number of benzene rings is 1. The van der Waals surface area contributed by atoms with Gasteiger partial charge in [0.1, 0.15) is 5.82 Å². The first kappa shape index (κ1) is 14.4. The minimum Gasteiger partial charge on any atom is -0.388 e. The zero-order valence-corrected chi connectivity index (χ0v) is 11.3. The molecular formula is C15H22FNO2. The normalized spacial score (nSPS) is 20.2. The summed E-state index contributed by atoms with van der Waals surface area (Å²) in [6, 6.07) is 6.75. The van der Waals surface area contributed by atoms with Gasteiger partial charge in [-0.15, -0.1) is 0 Å². The number of rotatable bonds is 5. The van der Waals surface area contributed by atoms with Gasteiger partial charge in [0.05, 0.1) is 6.10 Å². The van der Waals surface area contributed by atoms with Crippen LogP contribution in [0.1, 0.15) is 37.9 Å². The molecule has 2 unspecified atom stereocenters. The highest BCUT2D eigenvalue weighted by Gasteiger charge is 2.18. The first-order valence-corrected chi connectivity index (χ1v) is 6.92. The minimum atomic E-state index is -0.553. The van der Waals surface area contributed by atoms with E-state index in [1.54, 1.807) is 12.1 Å². The van der Waals surface area contributed by atoms with Crippen LogP contribution >= 0.6 is 0 Å². The van der Waals surface area contributed by atoms with Gasteiger partial charge in [0.25, 0.3) is 0 Å². The van der Waals surface area contributed by atoms with Crippen molar-refractivity contribution in [2.24, 2.45) is 0 Å². The Morgan fingerprint density at radius 3 is 2.58 bits per heavy atom. The van der Waals surface area contributed by atoms with Crippen LogP contribution in [0, 0.1) is 5.82 Å². The fourth-order valence-electron chi connectivity index (χ4n) is 2.49. The Morgan fingerprint density at radius 1 is 1.32 bits per heavy atom. The molecule has 106 valence electrons. The van der Waals surface area contributed by atoms with Crippen molar-refractivity contribution >= 4 is 0 Å².